The Morgan fingerprint density at radius 1 is 1.38 bits per heavy atom. The standard InChI is InChI=1S/C15H19N3O2S/c1-15(2)7-5-10(6-8-15)17-11-3-4-12-13(16-9-21-12)14(11)18(19)20/h3-4,9-10,17H,5-8H2,1-2H3. The van der Waals surface area contributed by atoms with E-state index in [1.165, 1.54) is 11.3 Å². The molecule has 5 nitrogen and oxygen atoms in total. The average Bonchev–Trinajstić information content (AvgIpc) is 2.88. The number of nitro groups is 1. The summed E-state index contributed by atoms with van der Waals surface area (Å²) in [7, 11) is 0. The smallest absolute Gasteiger partial charge is 0.319 e. The second kappa shape index (κ2) is 5.26. The Bertz CT molecular complexity index is 671. The number of benzene rings is 1. The van der Waals surface area contributed by atoms with Gasteiger partial charge in [0.1, 0.15) is 5.69 Å². The predicted octanol–water partition coefficient (Wildman–Crippen LogP) is 4.59. The zero-order valence-electron chi connectivity index (χ0n) is 12.3. The molecule has 1 aliphatic carbocycles. The molecule has 1 N–H and O–H groups in total. The average molecular weight is 305 g/mol. The molecule has 0 spiro atoms. The Hall–Kier alpha value is -1.69. The van der Waals surface area contributed by atoms with Gasteiger partial charge in [-0.2, -0.15) is 0 Å². The van der Waals surface area contributed by atoms with Crippen LogP contribution in [0.2, 0.25) is 0 Å². The van der Waals surface area contributed by atoms with Crippen LogP contribution in [0.4, 0.5) is 11.4 Å². The van der Waals surface area contributed by atoms with Gasteiger partial charge in [0.15, 0.2) is 5.52 Å². The van der Waals surface area contributed by atoms with Crippen molar-refractivity contribution in [2.24, 2.45) is 5.41 Å². The minimum atomic E-state index is -0.322. The summed E-state index contributed by atoms with van der Waals surface area (Å²) in [5.41, 5.74) is 3.25. The third-order valence-corrected chi connectivity index (χ3v) is 5.15. The van der Waals surface area contributed by atoms with Crippen molar-refractivity contribution in [3.63, 3.8) is 0 Å². The van der Waals surface area contributed by atoms with Crippen molar-refractivity contribution in [2.75, 3.05) is 5.32 Å². The number of nitrogens with zero attached hydrogens (tertiary/aromatic N) is 2. The summed E-state index contributed by atoms with van der Waals surface area (Å²) >= 11 is 1.43. The Labute approximate surface area is 127 Å². The number of anilines is 1. The first-order valence-corrected chi connectivity index (χ1v) is 8.11. The molecule has 0 saturated heterocycles. The maximum Gasteiger partial charge on any atom is 0.319 e. The number of nitrogens with one attached hydrogen (secondary N) is 1. The molecule has 21 heavy (non-hydrogen) atoms. The molecule has 1 aromatic carbocycles. The van der Waals surface area contributed by atoms with Crippen LogP contribution in [0.3, 0.4) is 0 Å². The fraction of sp³-hybridized carbons (Fsp3) is 0.533. The van der Waals surface area contributed by atoms with Crippen LogP contribution in [-0.2, 0) is 0 Å². The van der Waals surface area contributed by atoms with Crippen molar-refractivity contribution < 1.29 is 4.92 Å². The largest absolute Gasteiger partial charge is 0.377 e. The lowest BCUT2D eigenvalue weighted by atomic mass is 9.75. The predicted molar refractivity (Wildman–Crippen MR) is 85.9 cm³/mol. The maximum absolute atomic E-state index is 11.4. The van der Waals surface area contributed by atoms with Gasteiger partial charge in [0, 0.05) is 6.04 Å². The molecule has 1 heterocycles. The van der Waals surface area contributed by atoms with Gasteiger partial charge in [0.2, 0.25) is 0 Å². The fourth-order valence-corrected chi connectivity index (χ4v) is 3.66. The van der Waals surface area contributed by atoms with Crippen molar-refractivity contribution >= 4 is 32.9 Å². The van der Waals surface area contributed by atoms with E-state index in [2.05, 4.69) is 24.1 Å². The van der Waals surface area contributed by atoms with E-state index in [1.54, 1.807) is 5.51 Å². The highest BCUT2D eigenvalue weighted by Crippen LogP contribution is 2.39. The van der Waals surface area contributed by atoms with Crippen LogP contribution >= 0.6 is 11.3 Å². The minimum Gasteiger partial charge on any atom is -0.377 e. The van der Waals surface area contributed by atoms with Gasteiger partial charge in [-0.25, -0.2) is 4.98 Å². The lowest BCUT2D eigenvalue weighted by Crippen LogP contribution is -2.30. The highest BCUT2D eigenvalue weighted by molar-refractivity contribution is 7.16. The van der Waals surface area contributed by atoms with Crippen molar-refractivity contribution in [3.8, 4) is 0 Å². The summed E-state index contributed by atoms with van der Waals surface area (Å²) in [4.78, 5) is 15.2. The topological polar surface area (TPSA) is 68.1 Å². The van der Waals surface area contributed by atoms with E-state index < -0.39 is 0 Å². The first kappa shape index (κ1) is 14.3. The SMILES string of the molecule is CC1(C)CCC(Nc2ccc3scnc3c2[N+](=O)[O-])CC1. The number of hydrogen-bond acceptors (Lipinski definition) is 5. The quantitative estimate of drug-likeness (QED) is 0.665. The van der Waals surface area contributed by atoms with E-state index in [9.17, 15) is 10.1 Å². The number of fused-ring (bicyclic) bond motifs is 1. The van der Waals surface area contributed by atoms with Gasteiger partial charge in [-0.05, 0) is 43.2 Å². The third-order valence-electron chi connectivity index (χ3n) is 4.36. The van der Waals surface area contributed by atoms with Gasteiger partial charge in [-0.1, -0.05) is 13.8 Å². The molecule has 0 unspecified atom stereocenters. The lowest BCUT2D eigenvalue weighted by molar-refractivity contribution is -0.382. The highest BCUT2D eigenvalue weighted by Gasteiger charge is 2.29. The van der Waals surface area contributed by atoms with Gasteiger partial charge >= 0.3 is 5.69 Å². The van der Waals surface area contributed by atoms with Gasteiger partial charge in [-0.3, -0.25) is 10.1 Å². The van der Waals surface area contributed by atoms with Gasteiger partial charge < -0.3 is 5.32 Å². The first-order chi connectivity index (χ1) is 9.96. The second-order valence-electron chi connectivity index (χ2n) is 6.50. The van der Waals surface area contributed by atoms with Crippen LogP contribution in [0.1, 0.15) is 39.5 Å². The van der Waals surface area contributed by atoms with E-state index in [1.807, 2.05) is 12.1 Å². The molecule has 2 aromatic rings. The molecule has 0 atom stereocenters. The summed E-state index contributed by atoms with van der Waals surface area (Å²) in [6.07, 6.45) is 4.41. The molecule has 1 saturated carbocycles. The first-order valence-electron chi connectivity index (χ1n) is 7.23. The zero-order valence-corrected chi connectivity index (χ0v) is 13.1. The molecule has 0 aliphatic heterocycles. The van der Waals surface area contributed by atoms with Crippen molar-refractivity contribution in [1.82, 2.24) is 4.98 Å². The molecule has 0 bridgehead atoms. The van der Waals surface area contributed by atoms with E-state index >= 15 is 0 Å². The molecular formula is C15H19N3O2S. The van der Waals surface area contributed by atoms with E-state index in [0.717, 1.165) is 30.4 Å². The van der Waals surface area contributed by atoms with Crippen molar-refractivity contribution in [2.45, 2.75) is 45.6 Å². The minimum absolute atomic E-state index is 0.110. The molecule has 3 rings (SSSR count). The Morgan fingerprint density at radius 2 is 2.10 bits per heavy atom. The fourth-order valence-electron chi connectivity index (χ4n) is 2.98. The molecule has 6 heteroatoms. The Kier molecular flexibility index (Phi) is 3.57. The van der Waals surface area contributed by atoms with E-state index in [-0.39, 0.29) is 10.6 Å². The molecule has 112 valence electrons. The van der Waals surface area contributed by atoms with Crippen LogP contribution in [0.15, 0.2) is 17.6 Å². The lowest BCUT2D eigenvalue weighted by Gasteiger charge is -2.34. The summed E-state index contributed by atoms with van der Waals surface area (Å²) in [5, 5.41) is 14.8. The molecule has 1 aliphatic rings. The van der Waals surface area contributed by atoms with Gasteiger partial charge in [0.25, 0.3) is 0 Å². The summed E-state index contributed by atoms with van der Waals surface area (Å²) < 4.78 is 0.858. The summed E-state index contributed by atoms with van der Waals surface area (Å²) in [6, 6.07) is 4.04. The second-order valence-corrected chi connectivity index (χ2v) is 7.39. The van der Waals surface area contributed by atoms with Crippen molar-refractivity contribution in [3.05, 3.63) is 27.8 Å². The van der Waals surface area contributed by atoms with Gasteiger partial charge in [-0.15, -0.1) is 11.3 Å². The van der Waals surface area contributed by atoms with Crippen molar-refractivity contribution in [1.29, 1.82) is 0 Å². The Balaban J connectivity index is 1.87. The number of aromatic nitrogens is 1. The monoisotopic (exact) mass is 305 g/mol. The van der Waals surface area contributed by atoms with Crippen LogP contribution in [0.25, 0.3) is 10.2 Å². The van der Waals surface area contributed by atoms with Crippen LogP contribution in [0.5, 0.6) is 0 Å². The maximum atomic E-state index is 11.4. The number of hydrogen-bond donors (Lipinski definition) is 1. The van der Waals surface area contributed by atoms with Crippen LogP contribution in [0, 0.1) is 15.5 Å². The summed E-state index contributed by atoms with van der Waals surface area (Å²) in [6.45, 7) is 4.57. The molecular weight excluding hydrogens is 286 g/mol. The zero-order chi connectivity index (χ0) is 15.0. The number of rotatable bonds is 3. The van der Waals surface area contributed by atoms with Crippen LogP contribution in [-0.4, -0.2) is 15.9 Å². The molecule has 1 aromatic heterocycles. The molecule has 0 amide bonds. The van der Waals surface area contributed by atoms with Crippen LogP contribution < -0.4 is 5.32 Å². The number of thiazole rings is 1. The number of nitro benzene ring substituents is 1. The summed E-state index contributed by atoms with van der Waals surface area (Å²) in [5.74, 6) is 0. The normalized spacial score (nSPS) is 18.8. The van der Waals surface area contributed by atoms with Gasteiger partial charge in [0.05, 0.1) is 15.1 Å². The van der Waals surface area contributed by atoms with E-state index in [4.69, 9.17) is 0 Å². The Morgan fingerprint density at radius 3 is 2.76 bits per heavy atom. The third kappa shape index (κ3) is 2.85. The van der Waals surface area contributed by atoms with E-state index in [0.29, 0.717) is 22.7 Å². The highest BCUT2D eigenvalue weighted by atomic mass is 32.1. The molecule has 1 fully saturated rings. The molecule has 0 radical (unpaired) electrons.